The molecule has 0 aliphatic carbocycles. The quantitative estimate of drug-likeness (QED) is 0.310. The number of nitro groups is 1. The second-order valence-corrected chi connectivity index (χ2v) is 5.35. The molecule has 8 heteroatoms. The summed E-state index contributed by atoms with van der Waals surface area (Å²) in [5, 5.41) is 27.4. The highest BCUT2D eigenvalue weighted by Gasteiger charge is 2.12. The Kier molecular flexibility index (Phi) is 6.94. The molecule has 2 aromatic carbocycles. The van der Waals surface area contributed by atoms with E-state index in [-0.39, 0.29) is 18.7 Å². The summed E-state index contributed by atoms with van der Waals surface area (Å²) < 4.78 is 5.05. The van der Waals surface area contributed by atoms with Crippen LogP contribution in [-0.4, -0.2) is 23.5 Å². The first kappa shape index (κ1) is 18.7. The number of carbonyl (C=O) groups excluding carboxylic acids is 1. The molecule has 8 nitrogen and oxygen atoms in total. The minimum atomic E-state index is -0.615. The maximum Gasteiger partial charge on any atom is 0.320 e. The molecule has 1 unspecified atom stereocenters. The number of esters is 1. The Labute approximate surface area is 149 Å². The first-order valence-electron chi connectivity index (χ1n) is 7.80. The van der Waals surface area contributed by atoms with Gasteiger partial charge in [0.2, 0.25) is 0 Å². The second kappa shape index (κ2) is 9.64. The van der Waals surface area contributed by atoms with E-state index in [1.54, 1.807) is 6.07 Å². The van der Waals surface area contributed by atoms with Crippen LogP contribution in [0.1, 0.15) is 12.0 Å². The van der Waals surface area contributed by atoms with E-state index < -0.39 is 16.9 Å². The molecule has 0 aromatic heterocycles. The van der Waals surface area contributed by atoms with Crippen molar-refractivity contribution in [3.8, 4) is 6.07 Å². The maximum absolute atomic E-state index is 11.4. The van der Waals surface area contributed by atoms with Gasteiger partial charge in [-0.2, -0.15) is 15.5 Å². The van der Waals surface area contributed by atoms with E-state index in [1.807, 2.05) is 30.3 Å². The molecule has 1 atom stereocenters. The number of benzene rings is 2. The van der Waals surface area contributed by atoms with Crippen molar-refractivity contribution in [3.05, 3.63) is 70.3 Å². The summed E-state index contributed by atoms with van der Waals surface area (Å²) in [5.74, 6) is -0.615. The Morgan fingerprint density at radius 3 is 2.50 bits per heavy atom. The van der Waals surface area contributed by atoms with Gasteiger partial charge >= 0.3 is 5.97 Å². The molecule has 26 heavy (non-hydrogen) atoms. The van der Waals surface area contributed by atoms with Crippen LogP contribution in [0.3, 0.4) is 0 Å². The molecule has 0 saturated heterocycles. The monoisotopic (exact) mass is 352 g/mol. The van der Waals surface area contributed by atoms with Crippen LogP contribution < -0.4 is 0 Å². The van der Waals surface area contributed by atoms with Gasteiger partial charge in [0.15, 0.2) is 0 Å². The Balaban J connectivity index is 2.07. The minimum absolute atomic E-state index is 0.00805. The van der Waals surface area contributed by atoms with Crippen LogP contribution in [0.15, 0.2) is 64.8 Å². The van der Waals surface area contributed by atoms with Gasteiger partial charge < -0.3 is 4.74 Å². The van der Waals surface area contributed by atoms with Crippen LogP contribution in [0.25, 0.3) is 0 Å². The SMILES string of the molecule is N#CCC(=O)OCC(Cc1ccccc1)N=Nc1ccc([N+](=O)[O-])cc1. The Morgan fingerprint density at radius 1 is 1.19 bits per heavy atom. The lowest BCUT2D eigenvalue weighted by Gasteiger charge is -2.11. The summed E-state index contributed by atoms with van der Waals surface area (Å²) in [6.07, 6.45) is 0.175. The summed E-state index contributed by atoms with van der Waals surface area (Å²) in [4.78, 5) is 21.6. The number of ether oxygens (including phenoxy) is 1. The molecule has 0 saturated carbocycles. The minimum Gasteiger partial charge on any atom is -0.463 e. The first-order valence-corrected chi connectivity index (χ1v) is 7.80. The molecule has 0 amide bonds. The predicted molar refractivity (Wildman–Crippen MR) is 92.7 cm³/mol. The van der Waals surface area contributed by atoms with Crippen molar-refractivity contribution in [3.63, 3.8) is 0 Å². The molecule has 132 valence electrons. The topological polar surface area (TPSA) is 118 Å². The largest absolute Gasteiger partial charge is 0.463 e. The van der Waals surface area contributed by atoms with Gasteiger partial charge in [-0.15, -0.1) is 0 Å². The lowest BCUT2D eigenvalue weighted by molar-refractivity contribution is -0.384. The molecule has 0 aliphatic rings. The van der Waals surface area contributed by atoms with E-state index in [0.29, 0.717) is 12.1 Å². The smallest absolute Gasteiger partial charge is 0.320 e. The van der Waals surface area contributed by atoms with Crippen molar-refractivity contribution >= 4 is 17.3 Å². The summed E-state index contributed by atoms with van der Waals surface area (Å²) in [6, 6.07) is 16.5. The van der Waals surface area contributed by atoms with Crippen molar-refractivity contribution < 1.29 is 14.5 Å². The fourth-order valence-corrected chi connectivity index (χ4v) is 2.11. The third-order valence-electron chi connectivity index (χ3n) is 3.37. The number of non-ortho nitro benzene ring substituents is 1. The lowest BCUT2D eigenvalue weighted by atomic mass is 10.1. The van der Waals surface area contributed by atoms with E-state index in [2.05, 4.69) is 10.2 Å². The zero-order valence-electron chi connectivity index (χ0n) is 13.8. The summed E-state index contributed by atoms with van der Waals surface area (Å²) in [5.41, 5.74) is 1.42. The van der Waals surface area contributed by atoms with E-state index in [1.165, 1.54) is 24.3 Å². The van der Waals surface area contributed by atoms with Crippen molar-refractivity contribution in [2.45, 2.75) is 18.9 Å². The molecule has 0 aliphatic heterocycles. The molecule has 0 fully saturated rings. The number of nitrogens with zero attached hydrogens (tertiary/aromatic N) is 4. The Bertz CT molecular complexity index is 813. The molecule has 2 aromatic rings. The molecule has 0 heterocycles. The summed E-state index contributed by atoms with van der Waals surface area (Å²) >= 11 is 0. The van der Waals surface area contributed by atoms with E-state index in [4.69, 9.17) is 10.00 Å². The number of carbonyl (C=O) groups is 1. The molecular weight excluding hydrogens is 336 g/mol. The summed E-state index contributed by atoms with van der Waals surface area (Å²) in [7, 11) is 0. The maximum atomic E-state index is 11.4. The number of nitro benzene ring substituents is 1. The van der Waals surface area contributed by atoms with Crippen LogP contribution >= 0.6 is 0 Å². The van der Waals surface area contributed by atoms with Crippen LogP contribution in [0.4, 0.5) is 11.4 Å². The number of hydrogen-bond acceptors (Lipinski definition) is 7. The van der Waals surface area contributed by atoms with E-state index in [0.717, 1.165) is 5.56 Å². The fraction of sp³-hybridized carbons (Fsp3) is 0.222. The van der Waals surface area contributed by atoms with Crippen molar-refractivity contribution in [2.24, 2.45) is 10.2 Å². The average molecular weight is 352 g/mol. The lowest BCUT2D eigenvalue weighted by Crippen LogP contribution is -2.19. The van der Waals surface area contributed by atoms with Crippen molar-refractivity contribution in [1.82, 2.24) is 0 Å². The highest BCUT2D eigenvalue weighted by atomic mass is 16.6. The molecule has 0 spiro atoms. The van der Waals surface area contributed by atoms with Crippen LogP contribution in [0, 0.1) is 21.4 Å². The molecular formula is C18H16N4O4. The van der Waals surface area contributed by atoms with E-state index >= 15 is 0 Å². The predicted octanol–water partition coefficient (Wildman–Crippen LogP) is 3.75. The standard InChI is InChI=1S/C18H16N4O4/c19-11-10-18(23)26-13-16(12-14-4-2-1-3-5-14)21-20-15-6-8-17(9-7-15)22(24)25/h1-9,16H,10,12-13H2. The van der Waals surface area contributed by atoms with Crippen molar-refractivity contribution in [2.75, 3.05) is 6.61 Å². The number of azo groups is 1. The van der Waals surface area contributed by atoms with Gasteiger partial charge in [-0.3, -0.25) is 14.9 Å². The van der Waals surface area contributed by atoms with Crippen molar-refractivity contribution in [1.29, 1.82) is 5.26 Å². The molecule has 0 bridgehead atoms. The van der Waals surface area contributed by atoms with Gasteiger partial charge in [0.1, 0.15) is 19.1 Å². The zero-order chi connectivity index (χ0) is 18.8. The fourth-order valence-electron chi connectivity index (χ4n) is 2.11. The third kappa shape index (κ3) is 6.13. The first-order chi connectivity index (χ1) is 12.6. The van der Waals surface area contributed by atoms with Gasteiger partial charge in [0.25, 0.3) is 5.69 Å². The average Bonchev–Trinajstić information content (AvgIpc) is 2.65. The molecule has 0 N–H and O–H groups in total. The molecule has 2 rings (SSSR count). The highest BCUT2D eigenvalue weighted by molar-refractivity contribution is 5.71. The second-order valence-electron chi connectivity index (χ2n) is 5.35. The number of hydrogen-bond donors (Lipinski definition) is 0. The van der Waals surface area contributed by atoms with Crippen LogP contribution in [0.5, 0.6) is 0 Å². The van der Waals surface area contributed by atoms with E-state index in [9.17, 15) is 14.9 Å². The van der Waals surface area contributed by atoms with Gasteiger partial charge in [-0.05, 0) is 24.1 Å². The normalized spacial score (nSPS) is 11.7. The van der Waals surface area contributed by atoms with Crippen LogP contribution in [-0.2, 0) is 16.0 Å². The summed E-state index contributed by atoms with van der Waals surface area (Å²) in [6.45, 7) is -0.00805. The number of nitriles is 1. The molecule has 0 radical (unpaired) electrons. The van der Waals surface area contributed by atoms with Crippen LogP contribution in [0.2, 0.25) is 0 Å². The van der Waals surface area contributed by atoms with Gasteiger partial charge in [-0.25, -0.2) is 0 Å². The van der Waals surface area contributed by atoms with Gasteiger partial charge in [-0.1, -0.05) is 30.3 Å². The highest BCUT2D eigenvalue weighted by Crippen LogP contribution is 2.19. The Hall–Kier alpha value is -3.60. The van der Waals surface area contributed by atoms with Gasteiger partial charge in [0.05, 0.1) is 16.7 Å². The zero-order valence-corrected chi connectivity index (χ0v) is 13.8. The third-order valence-corrected chi connectivity index (χ3v) is 3.37. The van der Waals surface area contributed by atoms with Gasteiger partial charge in [0, 0.05) is 12.1 Å². The Morgan fingerprint density at radius 2 is 1.88 bits per heavy atom. The number of rotatable bonds is 8.